The van der Waals surface area contributed by atoms with Gasteiger partial charge in [-0.3, -0.25) is 9.59 Å². The summed E-state index contributed by atoms with van der Waals surface area (Å²) in [6.45, 7) is 2.95. The lowest BCUT2D eigenvalue weighted by molar-refractivity contribution is -0.138. The average Bonchev–Trinajstić information content (AvgIpc) is 3.42. The molecule has 8 heteroatoms. The quantitative estimate of drug-likeness (QED) is 0.523. The molecule has 1 saturated heterocycles. The summed E-state index contributed by atoms with van der Waals surface area (Å²) in [6.07, 6.45) is -0.570. The monoisotopic (exact) mass is 466 g/mol. The standard InChI is InChI=1S/C26H30N2O6/c1-16(12-23(29)30)13-27-25(31)24-17(10-11-33-24)14-28-26(32)34-15-22-20-8-4-2-6-18(20)19-7-3-5-9-21(19)22/h2-9,16-17,22,24H,10-15H2,1H3,(H,27,31)(H,28,32)(H,29,30)/t16?,17-,24-/m1/s1. The highest BCUT2D eigenvalue weighted by molar-refractivity contribution is 5.82. The van der Waals surface area contributed by atoms with Crippen LogP contribution in [0, 0.1) is 11.8 Å². The van der Waals surface area contributed by atoms with E-state index in [1.54, 1.807) is 6.92 Å². The zero-order chi connectivity index (χ0) is 24.1. The van der Waals surface area contributed by atoms with E-state index >= 15 is 0 Å². The number of alkyl carbamates (subject to hydrolysis) is 1. The van der Waals surface area contributed by atoms with Crippen LogP contribution in [0.4, 0.5) is 4.79 Å². The molecule has 2 aromatic carbocycles. The number of carbonyl (C=O) groups is 3. The zero-order valence-corrected chi connectivity index (χ0v) is 19.2. The van der Waals surface area contributed by atoms with Crippen molar-refractivity contribution in [1.82, 2.24) is 10.6 Å². The predicted octanol–water partition coefficient (Wildman–Crippen LogP) is 3.16. The number of carboxylic acid groups (broad SMARTS) is 1. The molecule has 1 aliphatic carbocycles. The molecule has 180 valence electrons. The van der Waals surface area contributed by atoms with Crippen LogP contribution in [0.5, 0.6) is 0 Å². The first-order valence-corrected chi connectivity index (χ1v) is 11.6. The summed E-state index contributed by atoms with van der Waals surface area (Å²) in [7, 11) is 0. The Bertz CT molecular complexity index is 1010. The van der Waals surface area contributed by atoms with Crippen LogP contribution in [0.1, 0.15) is 36.8 Å². The van der Waals surface area contributed by atoms with Crippen molar-refractivity contribution >= 4 is 18.0 Å². The van der Waals surface area contributed by atoms with Gasteiger partial charge >= 0.3 is 12.1 Å². The molecule has 2 aliphatic rings. The summed E-state index contributed by atoms with van der Waals surface area (Å²) in [5, 5.41) is 14.4. The SMILES string of the molecule is CC(CNC(=O)[C@@H]1OCC[C@@H]1CNC(=O)OCC1c2ccccc2-c2ccccc21)CC(=O)O. The van der Waals surface area contributed by atoms with Crippen molar-refractivity contribution in [2.24, 2.45) is 11.8 Å². The van der Waals surface area contributed by atoms with Gasteiger partial charge in [0.25, 0.3) is 0 Å². The van der Waals surface area contributed by atoms with E-state index < -0.39 is 18.2 Å². The van der Waals surface area contributed by atoms with Crippen LogP contribution < -0.4 is 10.6 Å². The minimum atomic E-state index is -0.899. The molecular formula is C26H30N2O6. The maximum atomic E-state index is 12.5. The number of carbonyl (C=O) groups excluding carboxylic acids is 2. The number of hydrogen-bond donors (Lipinski definition) is 3. The Morgan fingerprint density at radius 1 is 1.06 bits per heavy atom. The second-order valence-corrected chi connectivity index (χ2v) is 8.99. The predicted molar refractivity (Wildman–Crippen MR) is 125 cm³/mol. The maximum Gasteiger partial charge on any atom is 0.407 e. The molecular weight excluding hydrogens is 436 g/mol. The van der Waals surface area contributed by atoms with Crippen molar-refractivity contribution < 1.29 is 29.0 Å². The van der Waals surface area contributed by atoms with Gasteiger partial charge < -0.3 is 25.2 Å². The topological polar surface area (TPSA) is 114 Å². The molecule has 2 aromatic rings. The maximum absolute atomic E-state index is 12.5. The van der Waals surface area contributed by atoms with E-state index in [9.17, 15) is 14.4 Å². The molecule has 0 spiro atoms. The van der Waals surface area contributed by atoms with E-state index in [-0.39, 0.29) is 49.8 Å². The number of fused-ring (bicyclic) bond motifs is 3. The number of aliphatic carboxylic acids is 1. The fraction of sp³-hybridized carbons (Fsp3) is 0.423. The summed E-state index contributed by atoms with van der Waals surface area (Å²) in [6, 6.07) is 16.3. The van der Waals surface area contributed by atoms with Crippen LogP contribution in [-0.4, -0.2) is 55.5 Å². The molecule has 4 rings (SSSR count). The molecule has 0 saturated carbocycles. The van der Waals surface area contributed by atoms with Crippen molar-refractivity contribution in [3.63, 3.8) is 0 Å². The Hall–Kier alpha value is -3.39. The fourth-order valence-electron chi connectivity index (χ4n) is 4.74. The second-order valence-electron chi connectivity index (χ2n) is 8.99. The summed E-state index contributed by atoms with van der Waals surface area (Å²) < 4.78 is 11.1. The number of benzene rings is 2. The van der Waals surface area contributed by atoms with Gasteiger partial charge in [-0.1, -0.05) is 55.5 Å². The Morgan fingerprint density at radius 3 is 2.35 bits per heavy atom. The molecule has 3 N–H and O–H groups in total. The summed E-state index contributed by atoms with van der Waals surface area (Å²) in [5.74, 6) is -1.55. The van der Waals surface area contributed by atoms with Gasteiger partial charge in [0, 0.05) is 38.0 Å². The number of ether oxygens (including phenoxy) is 2. The first-order chi connectivity index (χ1) is 16.4. The van der Waals surface area contributed by atoms with Crippen LogP contribution in [0.25, 0.3) is 11.1 Å². The Balaban J connectivity index is 1.26. The summed E-state index contributed by atoms with van der Waals surface area (Å²) in [4.78, 5) is 35.7. The normalized spacial score (nSPS) is 19.7. The molecule has 0 bridgehead atoms. The molecule has 0 radical (unpaired) electrons. The molecule has 8 nitrogen and oxygen atoms in total. The fourth-order valence-corrected chi connectivity index (χ4v) is 4.74. The smallest absolute Gasteiger partial charge is 0.407 e. The molecule has 2 amide bonds. The van der Waals surface area contributed by atoms with E-state index in [1.807, 2.05) is 24.3 Å². The van der Waals surface area contributed by atoms with Gasteiger partial charge in [0.2, 0.25) is 5.91 Å². The summed E-state index contributed by atoms with van der Waals surface area (Å²) >= 11 is 0. The van der Waals surface area contributed by atoms with Gasteiger partial charge in [0.05, 0.1) is 0 Å². The van der Waals surface area contributed by atoms with Gasteiger partial charge in [-0.15, -0.1) is 0 Å². The summed E-state index contributed by atoms with van der Waals surface area (Å²) in [5.41, 5.74) is 4.63. The largest absolute Gasteiger partial charge is 0.481 e. The van der Waals surface area contributed by atoms with Gasteiger partial charge in [0.1, 0.15) is 12.7 Å². The van der Waals surface area contributed by atoms with Gasteiger partial charge in [-0.2, -0.15) is 0 Å². The van der Waals surface area contributed by atoms with E-state index in [0.29, 0.717) is 13.0 Å². The third-order valence-corrected chi connectivity index (χ3v) is 6.47. The lowest BCUT2D eigenvalue weighted by Gasteiger charge is -2.20. The highest BCUT2D eigenvalue weighted by atomic mass is 16.5. The van der Waals surface area contributed by atoms with Gasteiger partial charge in [0.15, 0.2) is 0 Å². The van der Waals surface area contributed by atoms with Gasteiger partial charge in [-0.25, -0.2) is 4.79 Å². The Labute approximate surface area is 198 Å². The van der Waals surface area contributed by atoms with E-state index in [4.69, 9.17) is 14.6 Å². The molecule has 0 aromatic heterocycles. The van der Waals surface area contributed by atoms with Crippen molar-refractivity contribution in [1.29, 1.82) is 0 Å². The molecule has 1 heterocycles. The minimum Gasteiger partial charge on any atom is -0.481 e. The van der Waals surface area contributed by atoms with Crippen molar-refractivity contribution in [3.8, 4) is 11.1 Å². The minimum absolute atomic E-state index is 0.0146. The van der Waals surface area contributed by atoms with Crippen molar-refractivity contribution in [2.45, 2.75) is 31.8 Å². The van der Waals surface area contributed by atoms with E-state index in [2.05, 4.69) is 34.9 Å². The average molecular weight is 467 g/mol. The Kier molecular flexibility index (Phi) is 7.47. The van der Waals surface area contributed by atoms with Crippen LogP contribution in [0.3, 0.4) is 0 Å². The highest BCUT2D eigenvalue weighted by Gasteiger charge is 2.35. The van der Waals surface area contributed by atoms with Crippen molar-refractivity contribution in [2.75, 3.05) is 26.3 Å². The zero-order valence-electron chi connectivity index (χ0n) is 19.2. The first-order valence-electron chi connectivity index (χ1n) is 11.6. The molecule has 34 heavy (non-hydrogen) atoms. The van der Waals surface area contributed by atoms with Crippen LogP contribution in [0.15, 0.2) is 48.5 Å². The van der Waals surface area contributed by atoms with Crippen molar-refractivity contribution in [3.05, 3.63) is 59.7 Å². The first kappa shape index (κ1) is 23.8. The molecule has 3 atom stereocenters. The number of nitrogens with one attached hydrogen (secondary N) is 2. The van der Waals surface area contributed by atoms with Crippen LogP contribution >= 0.6 is 0 Å². The molecule has 1 unspecified atom stereocenters. The lowest BCUT2D eigenvalue weighted by Crippen LogP contribution is -2.43. The second kappa shape index (κ2) is 10.7. The number of amides is 2. The lowest BCUT2D eigenvalue weighted by atomic mass is 9.98. The van der Waals surface area contributed by atoms with Crippen LogP contribution in [-0.2, 0) is 19.1 Å². The number of hydrogen-bond acceptors (Lipinski definition) is 5. The Morgan fingerprint density at radius 2 is 1.71 bits per heavy atom. The highest BCUT2D eigenvalue weighted by Crippen LogP contribution is 2.44. The van der Waals surface area contributed by atoms with Crippen LogP contribution in [0.2, 0.25) is 0 Å². The van der Waals surface area contributed by atoms with E-state index in [1.165, 1.54) is 11.1 Å². The third-order valence-electron chi connectivity index (χ3n) is 6.47. The molecule has 1 aliphatic heterocycles. The van der Waals surface area contributed by atoms with E-state index in [0.717, 1.165) is 11.1 Å². The third kappa shape index (κ3) is 5.39. The number of rotatable bonds is 9. The molecule has 1 fully saturated rings. The number of carboxylic acids is 1. The van der Waals surface area contributed by atoms with Gasteiger partial charge in [-0.05, 0) is 34.6 Å².